The topological polar surface area (TPSA) is 61.6 Å². The van der Waals surface area contributed by atoms with Gasteiger partial charge in [0.15, 0.2) is 0 Å². The number of urea groups is 1. The quantitative estimate of drug-likeness (QED) is 0.906. The smallest absolute Gasteiger partial charge is 0.317 e. The lowest BCUT2D eigenvalue weighted by Gasteiger charge is -2.23. The first kappa shape index (κ1) is 17.3. The molecule has 134 valence electrons. The van der Waals surface area contributed by atoms with E-state index in [9.17, 15) is 4.79 Å². The van der Waals surface area contributed by atoms with E-state index >= 15 is 0 Å². The van der Waals surface area contributed by atoms with Crippen LogP contribution in [0.2, 0.25) is 0 Å². The molecule has 1 aromatic carbocycles. The van der Waals surface area contributed by atoms with Crippen LogP contribution in [0.4, 0.5) is 10.5 Å². The van der Waals surface area contributed by atoms with Gasteiger partial charge in [0.1, 0.15) is 5.76 Å². The summed E-state index contributed by atoms with van der Waals surface area (Å²) in [6.07, 6.45) is 2.47. The standard InChI is InChI=1S/C19H26N4O2/c1-14-17(15(2)25-21-14)13-22(3)19(24)20-12-16-8-4-5-9-18(16)23-10-6-7-11-23/h4-5,8-9H,6-7,10-13H2,1-3H3,(H,20,24). The largest absolute Gasteiger partial charge is 0.371 e. The van der Waals surface area contributed by atoms with E-state index in [1.807, 2.05) is 19.9 Å². The Bertz CT molecular complexity index is 715. The van der Waals surface area contributed by atoms with Crippen LogP contribution in [0.3, 0.4) is 0 Å². The van der Waals surface area contributed by atoms with Crippen LogP contribution in [0.5, 0.6) is 0 Å². The predicted molar refractivity (Wildman–Crippen MR) is 97.6 cm³/mol. The van der Waals surface area contributed by atoms with Crippen LogP contribution in [0.15, 0.2) is 28.8 Å². The molecule has 0 bridgehead atoms. The number of benzene rings is 1. The lowest BCUT2D eigenvalue weighted by molar-refractivity contribution is 0.206. The average molecular weight is 342 g/mol. The molecule has 1 N–H and O–H groups in total. The van der Waals surface area contributed by atoms with E-state index in [1.165, 1.54) is 18.5 Å². The normalized spacial score (nSPS) is 14.0. The number of aromatic nitrogens is 1. The Balaban J connectivity index is 1.60. The average Bonchev–Trinajstić information content (AvgIpc) is 3.25. The third kappa shape index (κ3) is 3.95. The molecule has 0 unspecified atom stereocenters. The van der Waals surface area contributed by atoms with Crippen molar-refractivity contribution >= 4 is 11.7 Å². The highest BCUT2D eigenvalue weighted by atomic mass is 16.5. The number of amides is 2. The second kappa shape index (κ2) is 7.59. The van der Waals surface area contributed by atoms with Crippen molar-refractivity contribution < 1.29 is 9.32 Å². The Labute approximate surface area is 148 Å². The zero-order valence-corrected chi connectivity index (χ0v) is 15.2. The number of nitrogens with one attached hydrogen (secondary N) is 1. The molecule has 6 heteroatoms. The highest BCUT2D eigenvalue weighted by Gasteiger charge is 2.18. The summed E-state index contributed by atoms with van der Waals surface area (Å²) in [6.45, 7) is 6.96. The van der Waals surface area contributed by atoms with Crippen molar-refractivity contribution in [3.63, 3.8) is 0 Å². The van der Waals surface area contributed by atoms with Crippen LogP contribution < -0.4 is 10.2 Å². The van der Waals surface area contributed by atoms with Crippen LogP contribution in [-0.4, -0.2) is 36.2 Å². The maximum absolute atomic E-state index is 12.4. The van der Waals surface area contributed by atoms with Crippen molar-refractivity contribution in [3.8, 4) is 0 Å². The maximum atomic E-state index is 12.4. The molecule has 0 spiro atoms. The first-order chi connectivity index (χ1) is 12.1. The van der Waals surface area contributed by atoms with Gasteiger partial charge in [0.05, 0.1) is 12.2 Å². The second-order valence-corrected chi connectivity index (χ2v) is 6.64. The Morgan fingerprint density at radius 2 is 2.00 bits per heavy atom. The van der Waals surface area contributed by atoms with Gasteiger partial charge in [-0.05, 0) is 38.3 Å². The van der Waals surface area contributed by atoms with E-state index in [0.717, 1.165) is 35.7 Å². The fourth-order valence-corrected chi connectivity index (χ4v) is 3.27. The van der Waals surface area contributed by atoms with E-state index in [0.29, 0.717) is 13.1 Å². The molecule has 1 aliphatic rings. The Kier molecular flexibility index (Phi) is 5.26. The minimum atomic E-state index is -0.101. The van der Waals surface area contributed by atoms with Gasteiger partial charge in [0.25, 0.3) is 0 Å². The van der Waals surface area contributed by atoms with Crippen LogP contribution >= 0.6 is 0 Å². The van der Waals surface area contributed by atoms with E-state index in [-0.39, 0.29) is 6.03 Å². The number of hydrogen-bond acceptors (Lipinski definition) is 4. The molecule has 1 saturated heterocycles. The molecule has 0 radical (unpaired) electrons. The van der Waals surface area contributed by atoms with E-state index in [1.54, 1.807) is 11.9 Å². The summed E-state index contributed by atoms with van der Waals surface area (Å²) in [4.78, 5) is 16.5. The fourth-order valence-electron chi connectivity index (χ4n) is 3.27. The molecule has 1 fully saturated rings. The van der Waals surface area contributed by atoms with Gasteiger partial charge >= 0.3 is 6.03 Å². The number of para-hydroxylation sites is 1. The highest BCUT2D eigenvalue weighted by Crippen LogP contribution is 2.24. The SMILES string of the molecule is Cc1noc(C)c1CN(C)C(=O)NCc1ccccc1N1CCCC1. The molecular weight excluding hydrogens is 316 g/mol. The van der Waals surface area contributed by atoms with E-state index in [4.69, 9.17) is 4.52 Å². The molecular formula is C19H26N4O2. The molecule has 6 nitrogen and oxygen atoms in total. The summed E-state index contributed by atoms with van der Waals surface area (Å²) in [7, 11) is 1.79. The lowest BCUT2D eigenvalue weighted by Crippen LogP contribution is -2.37. The van der Waals surface area contributed by atoms with Crippen LogP contribution in [-0.2, 0) is 13.1 Å². The third-order valence-corrected chi connectivity index (χ3v) is 4.79. The molecule has 1 aromatic heterocycles. The second-order valence-electron chi connectivity index (χ2n) is 6.64. The molecule has 0 atom stereocenters. The number of aryl methyl sites for hydroxylation is 2. The molecule has 25 heavy (non-hydrogen) atoms. The van der Waals surface area contributed by atoms with Crippen molar-refractivity contribution in [1.29, 1.82) is 0 Å². The summed E-state index contributed by atoms with van der Waals surface area (Å²) in [5.74, 6) is 0.761. The van der Waals surface area contributed by atoms with Gasteiger partial charge in [0, 0.05) is 37.9 Å². The zero-order chi connectivity index (χ0) is 17.8. The molecule has 2 amide bonds. The Morgan fingerprint density at radius 1 is 1.28 bits per heavy atom. The molecule has 0 saturated carbocycles. The number of hydrogen-bond donors (Lipinski definition) is 1. The van der Waals surface area contributed by atoms with Crippen molar-refractivity contribution in [2.75, 3.05) is 25.0 Å². The summed E-state index contributed by atoms with van der Waals surface area (Å²) in [5, 5.41) is 6.96. The predicted octanol–water partition coefficient (Wildman–Crippen LogP) is 3.23. The number of carbonyl (C=O) groups excluding carboxylic acids is 1. The molecule has 1 aliphatic heterocycles. The van der Waals surface area contributed by atoms with Crippen molar-refractivity contribution in [2.45, 2.75) is 39.8 Å². The lowest BCUT2D eigenvalue weighted by atomic mass is 10.1. The monoisotopic (exact) mass is 342 g/mol. The van der Waals surface area contributed by atoms with Crippen molar-refractivity contribution in [3.05, 3.63) is 46.8 Å². The minimum Gasteiger partial charge on any atom is -0.371 e. The molecule has 2 heterocycles. The van der Waals surface area contributed by atoms with Crippen molar-refractivity contribution in [2.24, 2.45) is 0 Å². The van der Waals surface area contributed by atoms with Crippen LogP contribution in [0.25, 0.3) is 0 Å². The summed E-state index contributed by atoms with van der Waals surface area (Å²) < 4.78 is 5.16. The van der Waals surface area contributed by atoms with Crippen LogP contribution in [0, 0.1) is 13.8 Å². The van der Waals surface area contributed by atoms with Gasteiger partial charge in [0.2, 0.25) is 0 Å². The van der Waals surface area contributed by atoms with Gasteiger partial charge in [-0.1, -0.05) is 23.4 Å². The fraction of sp³-hybridized carbons (Fsp3) is 0.474. The van der Waals surface area contributed by atoms with Gasteiger partial charge in [-0.25, -0.2) is 4.79 Å². The molecule has 3 rings (SSSR count). The highest BCUT2D eigenvalue weighted by molar-refractivity contribution is 5.74. The summed E-state index contributed by atoms with van der Waals surface area (Å²) in [6, 6.07) is 8.20. The van der Waals surface area contributed by atoms with Crippen molar-refractivity contribution in [1.82, 2.24) is 15.4 Å². The van der Waals surface area contributed by atoms with Gasteiger partial charge < -0.3 is 19.6 Å². The van der Waals surface area contributed by atoms with Crippen LogP contribution in [0.1, 0.15) is 35.4 Å². The first-order valence-corrected chi connectivity index (χ1v) is 8.80. The summed E-state index contributed by atoms with van der Waals surface area (Å²) >= 11 is 0. The summed E-state index contributed by atoms with van der Waals surface area (Å²) in [5.41, 5.74) is 4.18. The number of nitrogens with zero attached hydrogens (tertiary/aromatic N) is 3. The van der Waals surface area contributed by atoms with E-state index < -0.39 is 0 Å². The number of anilines is 1. The minimum absolute atomic E-state index is 0.101. The van der Waals surface area contributed by atoms with Gasteiger partial charge in [-0.15, -0.1) is 0 Å². The Hall–Kier alpha value is -2.50. The Morgan fingerprint density at radius 3 is 2.68 bits per heavy atom. The first-order valence-electron chi connectivity index (χ1n) is 8.80. The van der Waals surface area contributed by atoms with Gasteiger partial charge in [-0.3, -0.25) is 0 Å². The zero-order valence-electron chi connectivity index (χ0n) is 15.2. The molecule has 0 aliphatic carbocycles. The number of carbonyl (C=O) groups is 1. The maximum Gasteiger partial charge on any atom is 0.317 e. The third-order valence-electron chi connectivity index (χ3n) is 4.79. The number of rotatable bonds is 5. The van der Waals surface area contributed by atoms with E-state index in [2.05, 4.69) is 33.6 Å². The molecule has 2 aromatic rings. The van der Waals surface area contributed by atoms with Gasteiger partial charge in [-0.2, -0.15) is 0 Å².